The predicted octanol–water partition coefficient (Wildman–Crippen LogP) is 3.76. The summed E-state index contributed by atoms with van der Waals surface area (Å²) in [6, 6.07) is 5.92. The lowest BCUT2D eigenvalue weighted by Crippen LogP contribution is -2.04. The molecule has 0 unspecified atom stereocenters. The third-order valence-corrected chi connectivity index (χ3v) is 2.68. The van der Waals surface area contributed by atoms with Crippen molar-refractivity contribution in [1.82, 2.24) is 0 Å². The van der Waals surface area contributed by atoms with Crippen LogP contribution in [0.4, 0.5) is 0 Å². The number of ether oxygens (including phenoxy) is 1. The number of unbranched alkanes of at least 4 members (excludes halogenated alkanes) is 2. The minimum atomic E-state index is 0.583. The number of nitrogens with zero attached hydrogens (tertiary/aromatic N) is 1. The van der Waals surface area contributed by atoms with E-state index in [0.717, 1.165) is 23.3 Å². The second-order valence-corrected chi connectivity index (χ2v) is 4.24. The molecule has 0 atom stereocenters. The van der Waals surface area contributed by atoms with Gasteiger partial charge in [-0.3, -0.25) is 0 Å². The summed E-state index contributed by atoms with van der Waals surface area (Å²) in [6.07, 6.45) is 3.41. The Hall–Kier alpha value is -1.51. The van der Waals surface area contributed by atoms with Crippen LogP contribution in [0.1, 0.15) is 44.2 Å². The van der Waals surface area contributed by atoms with Crippen molar-refractivity contribution in [2.75, 3.05) is 6.61 Å². The summed E-state index contributed by atoms with van der Waals surface area (Å²) in [5.41, 5.74) is 2.58. The lowest BCUT2D eigenvalue weighted by molar-refractivity contribution is 0.303. The second kappa shape index (κ2) is 6.94. The van der Waals surface area contributed by atoms with Gasteiger partial charge in [-0.25, -0.2) is 0 Å². The highest BCUT2D eigenvalue weighted by Gasteiger charge is 2.07. The van der Waals surface area contributed by atoms with Crippen molar-refractivity contribution >= 4 is 5.71 Å². The number of hydrogen-bond donors (Lipinski definition) is 1. The highest BCUT2D eigenvalue weighted by atomic mass is 16.5. The van der Waals surface area contributed by atoms with Crippen molar-refractivity contribution in [2.45, 2.75) is 40.0 Å². The van der Waals surface area contributed by atoms with E-state index in [-0.39, 0.29) is 0 Å². The van der Waals surface area contributed by atoms with E-state index in [0.29, 0.717) is 12.3 Å². The molecule has 0 aromatic heterocycles. The summed E-state index contributed by atoms with van der Waals surface area (Å²) in [5.74, 6) is 0.794. The zero-order chi connectivity index (χ0) is 12.7. The molecule has 0 spiro atoms. The maximum Gasteiger partial charge on any atom is 0.128 e. The minimum absolute atomic E-state index is 0.583. The van der Waals surface area contributed by atoms with Gasteiger partial charge in [0, 0.05) is 5.56 Å². The van der Waals surface area contributed by atoms with Crippen LogP contribution in [-0.2, 0) is 0 Å². The quantitative estimate of drug-likeness (QED) is 0.353. The standard InChI is InChI=1S/C14H21NO2/c1-4-5-6-9-17-14-8-7-11(2)10-13(14)12(3)15-16/h7-8,10,16H,4-6,9H2,1-3H3/b15-12+. The van der Waals surface area contributed by atoms with Crippen molar-refractivity contribution in [2.24, 2.45) is 5.16 Å². The van der Waals surface area contributed by atoms with Crippen molar-refractivity contribution < 1.29 is 9.94 Å². The Morgan fingerprint density at radius 1 is 1.35 bits per heavy atom. The van der Waals surface area contributed by atoms with Gasteiger partial charge >= 0.3 is 0 Å². The van der Waals surface area contributed by atoms with Gasteiger partial charge in [0.15, 0.2) is 0 Å². The van der Waals surface area contributed by atoms with E-state index in [1.165, 1.54) is 12.8 Å². The number of hydrogen-bond acceptors (Lipinski definition) is 3. The number of benzene rings is 1. The summed E-state index contributed by atoms with van der Waals surface area (Å²) >= 11 is 0. The average molecular weight is 235 g/mol. The molecule has 1 rings (SSSR count). The third kappa shape index (κ3) is 4.10. The van der Waals surface area contributed by atoms with Crippen LogP contribution < -0.4 is 4.74 Å². The van der Waals surface area contributed by atoms with Gasteiger partial charge < -0.3 is 9.94 Å². The normalized spacial score (nSPS) is 11.6. The fraction of sp³-hybridized carbons (Fsp3) is 0.500. The molecule has 0 amide bonds. The van der Waals surface area contributed by atoms with Crippen molar-refractivity contribution in [1.29, 1.82) is 0 Å². The first-order valence-corrected chi connectivity index (χ1v) is 6.11. The monoisotopic (exact) mass is 235 g/mol. The molecule has 1 aromatic rings. The molecular weight excluding hydrogens is 214 g/mol. The van der Waals surface area contributed by atoms with Crippen LogP contribution in [-0.4, -0.2) is 17.5 Å². The summed E-state index contributed by atoms with van der Waals surface area (Å²) < 4.78 is 5.73. The molecule has 3 nitrogen and oxygen atoms in total. The van der Waals surface area contributed by atoms with Crippen LogP contribution >= 0.6 is 0 Å². The number of oxime groups is 1. The minimum Gasteiger partial charge on any atom is -0.493 e. The highest BCUT2D eigenvalue weighted by molar-refractivity contribution is 6.00. The molecule has 17 heavy (non-hydrogen) atoms. The Balaban J connectivity index is 2.76. The van der Waals surface area contributed by atoms with Crippen molar-refractivity contribution in [3.8, 4) is 5.75 Å². The van der Waals surface area contributed by atoms with Crippen LogP contribution in [0.5, 0.6) is 5.75 Å². The maximum absolute atomic E-state index is 8.85. The Morgan fingerprint density at radius 3 is 2.76 bits per heavy atom. The lowest BCUT2D eigenvalue weighted by Gasteiger charge is -2.11. The molecule has 0 radical (unpaired) electrons. The molecule has 94 valence electrons. The Morgan fingerprint density at radius 2 is 2.12 bits per heavy atom. The van der Waals surface area contributed by atoms with Gasteiger partial charge in [0.25, 0.3) is 0 Å². The third-order valence-electron chi connectivity index (χ3n) is 2.68. The summed E-state index contributed by atoms with van der Waals surface area (Å²) in [5, 5.41) is 12.1. The molecule has 1 aromatic carbocycles. The van der Waals surface area contributed by atoms with Gasteiger partial charge in [0.05, 0.1) is 12.3 Å². The summed E-state index contributed by atoms with van der Waals surface area (Å²) in [4.78, 5) is 0. The first-order valence-electron chi connectivity index (χ1n) is 6.11. The van der Waals surface area contributed by atoms with Crippen LogP contribution in [0.3, 0.4) is 0 Å². The fourth-order valence-corrected chi connectivity index (χ4v) is 1.64. The van der Waals surface area contributed by atoms with Gasteiger partial charge in [-0.05, 0) is 32.4 Å². The Bertz CT molecular complexity index is 386. The Labute approximate surface area is 103 Å². The molecule has 0 bridgehead atoms. The highest BCUT2D eigenvalue weighted by Crippen LogP contribution is 2.21. The van der Waals surface area contributed by atoms with E-state index in [1.54, 1.807) is 6.92 Å². The first kappa shape index (κ1) is 13.6. The van der Waals surface area contributed by atoms with E-state index >= 15 is 0 Å². The molecule has 0 aliphatic rings. The summed E-state index contributed by atoms with van der Waals surface area (Å²) in [6.45, 7) is 6.66. The van der Waals surface area contributed by atoms with Gasteiger partial charge in [-0.2, -0.15) is 0 Å². The lowest BCUT2D eigenvalue weighted by atomic mass is 10.1. The molecule has 0 heterocycles. The molecule has 0 saturated heterocycles. The van der Waals surface area contributed by atoms with Crippen LogP contribution in [0.15, 0.2) is 23.4 Å². The van der Waals surface area contributed by atoms with Crippen molar-refractivity contribution in [3.63, 3.8) is 0 Å². The zero-order valence-electron chi connectivity index (χ0n) is 10.9. The largest absolute Gasteiger partial charge is 0.493 e. The topological polar surface area (TPSA) is 41.8 Å². The van der Waals surface area contributed by atoms with E-state index in [1.807, 2.05) is 25.1 Å². The molecule has 1 N–H and O–H groups in total. The Kier molecular flexibility index (Phi) is 5.53. The van der Waals surface area contributed by atoms with Crippen LogP contribution in [0.25, 0.3) is 0 Å². The molecule has 0 aliphatic carbocycles. The number of aryl methyl sites for hydroxylation is 1. The van der Waals surface area contributed by atoms with Crippen LogP contribution in [0.2, 0.25) is 0 Å². The summed E-state index contributed by atoms with van der Waals surface area (Å²) in [7, 11) is 0. The first-order chi connectivity index (χ1) is 8.19. The molecular formula is C14H21NO2. The van der Waals surface area contributed by atoms with Crippen LogP contribution in [0, 0.1) is 6.92 Å². The average Bonchev–Trinajstić information content (AvgIpc) is 2.35. The maximum atomic E-state index is 8.85. The molecule has 0 saturated carbocycles. The smallest absolute Gasteiger partial charge is 0.128 e. The molecule has 0 fully saturated rings. The second-order valence-electron chi connectivity index (χ2n) is 4.24. The molecule has 0 aliphatic heterocycles. The van der Waals surface area contributed by atoms with Gasteiger partial charge in [0.2, 0.25) is 0 Å². The number of rotatable bonds is 6. The van der Waals surface area contributed by atoms with E-state index in [4.69, 9.17) is 9.94 Å². The van der Waals surface area contributed by atoms with E-state index in [2.05, 4.69) is 12.1 Å². The molecule has 3 heteroatoms. The predicted molar refractivity (Wildman–Crippen MR) is 70.2 cm³/mol. The fourth-order valence-electron chi connectivity index (χ4n) is 1.64. The SMILES string of the molecule is CCCCCOc1ccc(C)cc1/C(C)=N/O. The zero-order valence-corrected chi connectivity index (χ0v) is 10.9. The van der Waals surface area contributed by atoms with E-state index in [9.17, 15) is 0 Å². The van der Waals surface area contributed by atoms with Crippen molar-refractivity contribution in [3.05, 3.63) is 29.3 Å². The van der Waals surface area contributed by atoms with Gasteiger partial charge in [0.1, 0.15) is 5.75 Å². The van der Waals surface area contributed by atoms with E-state index < -0.39 is 0 Å². The van der Waals surface area contributed by atoms with Gasteiger partial charge in [-0.15, -0.1) is 0 Å². The van der Waals surface area contributed by atoms with Gasteiger partial charge in [-0.1, -0.05) is 36.6 Å².